The monoisotopic (exact) mass is 645 g/mol. The van der Waals surface area contributed by atoms with Crippen molar-refractivity contribution in [1.29, 1.82) is 0 Å². The third kappa shape index (κ3) is 7.25. The third-order valence-electron chi connectivity index (χ3n) is 7.14. The molecule has 10 heteroatoms. The van der Waals surface area contributed by atoms with Crippen molar-refractivity contribution in [2.75, 3.05) is 10.8 Å². The maximum Gasteiger partial charge on any atom is 0.264 e. The SMILES string of the molecule is Cc1ccc(S(=O)(=O)N(CC(=O)N(Cc2ccc(Br)cc2)[C@H](C)C(=O)NC2CCCC2)c2ccccc2Cl)cc1. The van der Waals surface area contributed by atoms with Gasteiger partial charge in [0, 0.05) is 17.1 Å². The molecular weight excluding hydrogens is 614 g/mol. The fourth-order valence-electron chi connectivity index (χ4n) is 4.77. The van der Waals surface area contributed by atoms with E-state index in [2.05, 4.69) is 21.2 Å². The van der Waals surface area contributed by atoms with Crippen LogP contribution < -0.4 is 9.62 Å². The summed E-state index contributed by atoms with van der Waals surface area (Å²) in [7, 11) is -4.17. The lowest BCUT2D eigenvalue weighted by atomic mass is 10.1. The van der Waals surface area contributed by atoms with Crippen molar-refractivity contribution in [3.63, 3.8) is 0 Å². The number of rotatable bonds is 10. The standard InChI is InChI=1S/C30H33BrClN3O4S/c1-21-11-17-26(18-12-21)40(38,39)35(28-10-6-5-9-27(28)32)20-29(36)34(19-23-13-15-24(31)16-14-23)22(2)30(37)33-25-7-3-4-8-25/h5-6,9-18,22,25H,3-4,7-8,19-20H2,1-2H3,(H,33,37)/t22-/m1/s1. The lowest BCUT2D eigenvalue weighted by Gasteiger charge is -2.32. The Morgan fingerprint density at radius 3 is 2.25 bits per heavy atom. The van der Waals surface area contributed by atoms with Gasteiger partial charge in [-0.15, -0.1) is 0 Å². The van der Waals surface area contributed by atoms with Gasteiger partial charge in [0.25, 0.3) is 10.0 Å². The van der Waals surface area contributed by atoms with Crippen molar-refractivity contribution in [2.24, 2.45) is 0 Å². The largest absolute Gasteiger partial charge is 0.352 e. The maximum atomic E-state index is 14.0. The summed E-state index contributed by atoms with van der Waals surface area (Å²) in [5.41, 5.74) is 1.90. The molecule has 1 N–H and O–H groups in total. The van der Waals surface area contributed by atoms with Crippen LogP contribution in [0.15, 0.2) is 82.2 Å². The predicted molar refractivity (Wildman–Crippen MR) is 162 cm³/mol. The zero-order chi connectivity index (χ0) is 28.9. The van der Waals surface area contributed by atoms with Crippen molar-refractivity contribution in [3.05, 3.63) is 93.4 Å². The molecule has 212 valence electrons. The predicted octanol–water partition coefficient (Wildman–Crippen LogP) is 6.08. The molecule has 1 aliphatic rings. The van der Waals surface area contributed by atoms with E-state index in [-0.39, 0.29) is 34.1 Å². The van der Waals surface area contributed by atoms with Gasteiger partial charge in [0.1, 0.15) is 12.6 Å². The molecule has 0 aromatic heterocycles. The molecule has 3 aromatic carbocycles. The molecule has 0 saturated heterocycles. The Hall–Kier alpha value is -2.88. The van der Waals surface area contributed by atoms with Gasteiger partial charge in [0.15, 0.2) is 0 Å². The van der Waals surface area contributed by atoms with Crippen LogP contribution in [-0.2, 0) is 26.2 Å². The molecule has 3 aromatic rings. The van der Waals surface area contributed by atoms with E-state index in [0.717, 1.165) is 45.6 Å². The topological polar surface area (TPSA) is 86.8 Å². The van der Waals surface area contributed by atoms with Crippen LogP contribution in [0.25, 0.3) is 0 Å². The summed E-state index contributed by atoms with van der Waals surface area (Å²) in [6.07, 6.45) is 3.94. The van der Waals surface area contributed by atoms with Gasteiger partial charge in [-0.05, 0) is 68.7 Å². The van der Waals surface area contributed by atoms with E-state index in [1.807, 2.05) is 31.2 Å². The normalized spacial score (nSPS) is 14.5. The molecule has 40 heavy (non-hydrogen) atoms. The zero-order valence-corrected chi connectivity index (χ0v) is 25.7. The van der Waals surface area contributed by atoms with E-state index in [4.69, 9.17) is 11.6 Å². The van der Waals surface area contributed by atoms with Gasteiger partial charge in [0.05, 0.1) is 15.6 Å². The first kappa shape index (κ1) is 30.1. The average molecular weight is 647 g/mol. The van der Waals surface area contributed by atoms with E-state index < -0.39 is 28.5 Å². The number of aryl methyl sites for hydroxylation is 1. The van der Waals surface area contributed by atoms with Crippen molar-refractivity contribution in [1.82, 2.24) is 10.2 Å². The van der Waals surface area contributed by atoms with Crippen molar-refractivity contribution < 1.29 is 18.0 Å². The van der Waals surface area contributed by atoms with Crippen LogP contribution in [-0.4, -0.2) is 43.8 Å². The second-order valence-corrected chi connectivity index (χ2v) is 13.3. The highest BCUT2D eigenvalue weighted by molar-refractivity contribution is 9.10. The Balaban J connectivity index is 1.69. The van der Waals surface area contributed by atoms with Gasteiger partial charge in [0.2, 0.25) is 11.8 Å². The fraction of sp³-hybridized carbons (Fsp3) is 0.333. The Morgan fingerprint density at radius 1 is 1.00 bits per heavy atom. The molecule has 2 amide bonds. The minimum atomic E-state index is -4.17. The summed E-state index contributed by atoms with van der Waals surface area (Å²) in [6, 6.07) is 19.6. The first-order valence-corrected chi connectivity index (χ1v) is 15.9. The first-order chi connectivity index (χ1) is 19.1. The molecule has 1 atom stereocenters. The maximum absolute atomic E-state index is 14.0. The highest BCUT2D eigenvalue weighted by Gasteiger charge is 2.34. The number of benzene rings is 3. The van der Waals surface area contributed by atoms with E-state index in [9.17, 15) is 18.0 Å². The number of carbonyl (C=O) groups excluding carboxylic acids is 2. The number of hydrogen-bond acceptors (Lipinski definition) is 4. The number of nitrogens with zero attached hydrogens (tertiary/aromatic N) is 2. The summed E-state index contributed by atoms with van der Waals surface area (Å²) in [4.78, 5) is 28.8. The van der Waals surface area contributed by atoms with Gasteiger partial charge in [-0.3, -0.25) is 13.9 Å². The van der Waals surface area contributed by atoms with E-state index in [0.29, 0.717) is 0 Å². The van der Waals surface area contributed by atoms with E-state index in [1.54, 1.807) is 43.3 Å². The molecule has 1 fully saturated rings. The summed E-state index contributed by atoms with van der Waals surface area (Å²) >= 11 is 9.88. The molecule has 0 radical (unpaired) electrons. The number of carbonyl (C=O) groups is 2. The molecule has 1 saturated carbocycles. The number of para-hydroxylation sites is 1. The Kier molecular flexibility index (Phi) is 9.92. The first-order valence-electron chi connectivity index (χ1n) is 13.2. The Bertz CT molecular complexity index is 1440. The number of sulfonamides is 1. The number of nitrogens with one attached hydrogen (secondary N) is 1. The van der Waals surface area contributed by atoms with Crippen LogP contribution in [0.2, 0.25) is 5.02 Å². The molecule has 0 heterocycles. The summed E-state index contributed by atoms with van der Waals surface area (Å²) in [6.45, 7) is 3.14. The minimum Gasteiger partial charge on any atom is -0.352 e. The summed E-state index contributed by atoms with van der Waals surface area (Å²) in [5.74, 6) is -0.782. The Labute approximate surface area is 249 Å². The smallest absolute Gasteiger partial charge is 0.264 e. The van der Waals surface area contributed by atoms with Gasteiger partial charge in [-0.25, -0.2) is 8.42 Å². The van der Waals surface area contributed by atoms with Crippen molar-refractivity contribution in [2.45, 2.75) is 63.1 Å². The lowest BCUT2D eigenvalue weighted by Crippen LogP contribution is -2.52. The number of hydrogen-bond donors (Lipinski definition) is 1. The van der Waals surface area contributed by atoms with Gasteiger partial charge >= 0.3 is 0 Å². The second-order valence-electron chi connectivity index (χ2n) is 10.1. The van der Waals surface area contributed by atoms with Gasteiger partial charge in [-0.2, -0.15) is 0 Å². The molecule has 0 aliphatic heterocycles. The fourth-order valence-corrected chi connectivity index (χ4v) is 6.75. The third-order valence-corrected chi connectivity index (χ3v) is 9.77. The number of halogens is 2. The molecule has 0 bridgehead atoms. The van der Waals surface area contributed by atoms with Crippen molar-refractivity contribution in [3.8, 4) is 0 Å². The van der Waals surface area contributed by atoms with Crippen LogP contribution >= 0.6 is 27.5 Å². The number of anilines is 1. The molecule has 1 aliphatic carbocycles. The summed E-state index contributed by atoms with van der Waals surface area (Å²) < 4.78 is 29.7. The lowest BCUT2D eigenvalue weighted by molar-refractivity contribution is -0.139. The minimum absolute atomic E-state index is 0.0392. The molecule has 4 rings (SSSR count). The molecule has 0 spiro atoms. The molecule has 7 nitrogen and oxygen atoms in total. The quantitative estimate of drug-likeness (QED) is 0.289. The van der Waals surface area contributed by atoms with Gasteiger partial charge < -0.3 is 10.2 Å². The van der Waals surface area contributed by atoms with E-state index >= 15 is 0 Å². The highest BCUT2D eigenvalue weighted by atomic mass is 79.9. The summed E-state index contributed by atoms with van der Waals surface area (Å²) in [5, 5.41) is 3.26. The average Bonchev–Trinajstić information content (AvgIpc) is 3.44. The zero-order valence-electron chi connectivity index (χ0n) is 22.5. The van der Waals surface area contributed by atoms with Crippen LogP contribution in [0.5, 0.6) is 0 Å². The van der Waals surface area contributed by atoms with Crippen molar-refractivity contribution >= 4 is 55.1 Å². The van der Waals surface area contributed by atoms with Crippen LogP contribution in [0.4, 0.5) is 5.69 Å². The van der Waals surface area contributed by atoms with Crippen LogP contribution in [0.1, 0.15) is 43.7 Å². The highest BCUT2D eigenvalue weighted by Crippen LogP contribution is 2.31. The number of amides is 2. The van der Waals surface area contributed by atoms with Gasteiger partial charge in [-0.1, -0.05) is 82.3 Å². The molecular formula is C30H33BrClN3O4S. The van der Waals surface area contributed by atoms with Crippen LogP contribution in [0, 0.1) is 6.92 Å². The Morgan fingerprint density at radius 2 is 1.62 bits per heavy atom. The van der Waals surface area contributed by atoms with Crippen LogP contribution in [0.3, 0.4) is 0 Å². The molecule has 0 unspecified atom stereocenters. The second kappa shape index (κ2) is 13.2. The van der Waals surface area contributed by atoms with E-state index in [1.165, 1.54) is 17.0 Å².